The summed E-state index contributed by atoms with van der Waals surface area (Å²) < 4.78 is 10.6. The van der Waals surface area contributed by atoms with Crippen molar-refractivity contribution in [2.75, 3.05) is 51.0 Å². The zero-order valence-electron chi connectivity index (χ0n) is 21.8. The first kappa shape index (κ1) is 26.5. The van der Waals surface area contributed by atoms with Gasteiger partial charge in [0.1, 0.15) is 0 Å². The van der Waals surface area contributed by atoms with Crippen LogP contribution in [0.3, 0.4) is 0 Å². The van der Waals surface area contributed by atoms with Crippen LogP contribution in [0.25, 0.3) is 0 Å². The lowest BCUT2D eigenvalue weighted by Gasteiger charge is -2.40. The van der Waals surface area contributed by atoms with Gasteiger partial charge in [0.15, 0.2) is 11.5 Å². The Bertz CT molecular complexity index is 1110. The van der Waals surface area contributed by atoms with Gasteiger partial charge in [0, 0.05) is 50.0 Å². The summed E-state index contributed by atoms with van der Waals surface area (Å²) in [4.78, 5) is 42.0. The molecule has 9 heteroatoms. The first-order valence-corrected chi connectivity index (χ1v) is 12.8. The molecule has 1 aliphatic heterocycles. The van der Waals surface area contributed by atoms with Crippen LogP contribution >= 0.6 is 0 Å². The fourth-order valence-corrected chi connectivity index (χ4v) is 5.36. The third-order valence-corrected chi connectivity index (χ3v) is 7.21. The normalized spacial score (nSPS) is 17.2. The van der Waals surface area contributed by atoms with E-state index in [0.717, 1.165) is 25.7 Å². The van der Waals surface area contributed by atoms with Crippen molar-refractivity contribution >= 4 is 29.1 Å². The van der Waals surface area contributed by atoms with Gasteiger partial charge in [-0.15, -0.1) is 0 Å². The molecule has 0 aromatic heterocycles. The zero-order valence-corrected chi connectivity index (χ0v) is 21.8. The predicted molar refractivity (Wildman–Crippen MR) is 142 cm³/mol. The van der Waals surface area contributed by atoms with Crippen molar-refractivity contribution in [3.63, 3.8) is 0 Å². The molecule has 198 valence electrons. The van der Waals surface area contributed by atoms with E-state index in [4.69, 9.17) is 9.47 Å². The average Bonchev–Trinajstić information content (AvgIpc) is 3.43. The van der Waals surface area contributed by atoms with Crippen molar-refractivity contribution in [2.24, 2.45) is 5.92 Å². The van der Waals surface area contributed by atoms with Crippen LogP contribution in [0.4, 0.5) is 11.4 Å². The Hall–Kier alpha value is -3.59. The monoisotopic (exact) mass is 508 g/mol. The number of rotatable bonds is 8. The van der Waals surface area contributed by atoms with E-state index in [2.05, 4.69) is 15.5 Å². The summed E-state index contributed by atoms with van der Waals surface area (Å²) in [5, 5.41) is 5.82. The molecule has 37 heavy (non-hydrogen) atoms. The predicted octanol–water partition coefficient (Wildman–Crippen LogP) is 3.62. The third kappa shape index (κ3) is 6.40. The van der Waals surface area contributed by atoms with Gasteiger partial charge < -0.3 is 25.0 Å². The molecule has 1 saturated heterocycles. The van der Waals surface area contributed by atoms with Crippen molar-refractivity contribution in [3.8, 4) is 11.5 Å². The number of amides is 3. The lowest BCUT2D eigenvalue weighted by atomic mass is 9.94. The molecule has 2 aromatic carbocycles. The first-order chi connectivity index (χ1) is 17.9. The van der Waals surface area contributed by atoms with Crippen molar-refractivity contribution in [3.05, 3.63) is 48.0 Å². The number of ether oxygens (including phenoxy) is 2. The zero-order chi connectivity index (χ0) is 26.4. The molecule has 9 nitrogen and oxygen atoms in total. The second-order valence-corrected chi connectivity index (χ2v) is 9.64. The fourth-order valence-electron chi connectivity index (χ4n) is 5.36. The highest BCUT2D eigenvalue weighted by Gasteiger charge is 2.37. The summed E-state index contributed by atoms with van der Waals surface area (Å²) in [6.45, 7) is 3.83. The summed E-state index contributed by atoms with van der Waals surface area (Å²) in [7, 11) is 3.12. The summed E-state index contributed by atoms with van der Waals surface area (Å²) in [6.07, 6.45) is 4.34. The van der Waals surface area contributed by atoms with Crippen LogP contribution in [0.1, 0.15) is 43.0 Å². The van der Waals surface area contributed by atoms with Gasteiger partial charge in [-0.1, -0.05) is 12.8 Å². The highest BCUT2D eigenvalue weighted by molar-refractivity contribution is 5.96. The van der Waals surface area contributed by atoms with Gasteiger partial charge in [0.2, 0.25) is 11.8 Å². The number of hydrogen-bond acceptors (Lipinski definition) is 6. The lowest BCUT2D eigenvalue weighted by molar-refractivity contribution is -0.124. The van der Waals surface area contributed by atoms with E-state index in [9.17, 15) is 14.4 Å². The number of benzene rings is 2. The number of carbonyl (C=O) groups excluding carboxylic acids is 3. The van der Waals surface area contributed by atoms with Crippen LogP contribution in [0.5, 0.6) is 11.5 Å². The maximum Gasteiger partial charge on any atom is 0.254 e. The Kier molecular flexibility index (Phi) is 8.66. The van der Waals surface area contributed by atoms with Crippen molar-refractivity contribution in [2.45, 2.75) is 38.6 Å². The number of nitrogens with zero attached hydrogens (tertiary/aromatic N) is 2. The molecule has 2 fully saturated rings. The van der Waals surface area contributed by atoms with Crippen LogP contribution in [0, 0.1) is 5.92 Å². The van der Waals surface area contributed by atoms with Gasteiger partial charge in [-0.3, -0.25) is 19.3 Å². The van der Waals surface area contributed by atoms with Crippen molar-refractivity contribution in [1.29, 1.82) is 0 Å². The Morgan fingerprint density at radius 1 is 0.838 bits per heavy atom. The summed E-state index contributed by atoms with van der Waals surface area (Å²) in [6, 6.07) is 12.1. The van der Waals surface area contributed by atoms with Gasteiger partial charge in [-0.2, -0.15) is 0 Å². The molecule has 0 spiro atoms. The third-order valence-electron chi connectivity index (χ3n) is 7.21. The van der Waals surface area contributed by atoms with Crippen molar-refractivity contribution < 1.29 is 23.9 Å². The molecule has 0 radical (unpaired) electrons. The van der Waals surface area contributed by atoms with Gasteiger partial charge >= 0.3 is 0 Å². The van der Waals surface area contributed by atoms with E-state index < -0.39 is 0 Å². The maximum absolute atomic E-state index is 13.5. The van der Waals surface area contributed by atoms with E-state index in [1.807, 2.05) is 4.90 Å². The Balaban J connectivity index is 1.41. The Morgan fingerprint density at radius 3 is 2.00 bits per heavy atom. The number of anilines is 2. The van der Waals surface area contributed by atoms with E-state index in [0.29, 0.717) is 60.5 Å². The summed E-state index contributed by atoms with van der Waals surface area (Å²) in [5.74, 6) is 1.20. The van der Waals surface area contributed by atoms with E-state index in [1.54, 1.807) is 56.7 Å². The highest BCUT2D eigenvalue weighted by atomic mass is 16.5. The van der Waals surface area contributed by atoms with Gasteiger partial charge in [-0.25, -0.2) is 0 Å². The maximum atomic E-state index is 13.5. The number of methoxy groups -OCH3 is 2. The van der Waals surface area contributed by atoms with Crippen LogP contribution in [-0.2, 0) is 9.59 Å². The molecular formula is C28H36N4O5. The lowest BCUT2D eigenvalue weighted by Crippen LogP contribution is -2.56. The molecule has 1 saturated carbocycles. The van der Waals surface area contributed by atoms with Gasteiger partial charge in [0.05, 0.1) is 20.3 Å². The molecule has 1 aliphatic carbocycles. The smallest absolute Gasteiger partial charge is 0.254 e. The van der Waals surface area contributed by atoms with Crippen molar-refractivity contribution in [1.82, 2.24) is 9.80 Å². The SMILES string of the molecule is COc1ccc(C(=O)N2CCN(C(C(=O)Nc3ccc(NC(C)=O)cc3)C3CCCC3)CC2)cc1OC. The minimum atomic E-state index is -0.240. The molecule has 2 N–H and O–H groups in total. The highest BCUT2D eigenvalue weighted by Crippen LogP contribution is 2.32. The fraction of sp³-hybridized carbons (Fsp3) is 0.464. The minimum Gasteiger partial charge on any atom is -0.493 e. The Morgan fingerprint density at radius 2 is 1.43 bits per heavy atom. The summed E-state index contributed by atoms with van der Waals surface area (Å²) >= 11 is 0. The molecule has 1 atom stereocenters. The second-order valence-electron chi connectivity index (χ2n) is 9.64. The first-order valence-electron chi connectivity index (χ1n) is 12.8. The topological polar surface area (TPSA) is 100 Å². The summed E-state index contributed by atoms with van der Waals surface area (Å²) in [5.41, 5.74) is 1.94. The van der Waals surface area contributed by atoms with Crippen LogP contribution < -0.4 is 20.1 Å². The molecule has 2 aromatic rings. The van der Waals surface area contributed by atoms with Crippen LogP contribution in [0.2, 0.25) is 0 Å². The average molecular weight is 509 g/mol. The molecule has 3 amide bonds. The molecular weight excluding hydrogens is 472 g/mol. The number of piperazine rings is 1. The van der Waals surface area contributed by atoms with Gasteiger partial charge in [0.25, 0.3) is 5.91 Å². The standard InChI is InChI=1S/C28H36N4O5/c1-19(33)29-22-9-11-23(12-10-22)30-27(34)26(20-6-4-5-7-20)31-14-16-32(17-15-31)28(35)21-8-13-24(36-2)25(18-21)37-3/h8-13,18,20,26H,4-7,14-17H2,1-3H3,(H,29,33)(H,30,34). The number of nitrogens with one attached hydrogen (secondary N) is 2. The minimum absolute atomic E-state index is 0.0150. The molecule has 0 bridgehead atoms. The second kappa shape index (κ2) is 12.1. The van der Waals surface area contributed by atoms with E-state index in [1.165, 1.54) is 6.92 Å². The van der Waals surface area contributed by atoms with Crippen LogP contribution in [0.15, 0.2) is 42.5 Å². The Labute approximate surface area is 218 Å². The van der Waals surface area contributed by atoms with Gasteiger partial charge in [-0.05, 0) is 61.2 Å². The molecule has 1 unspecified atom stereocenters. The van der Waals surface area contributed by atoms with Crippen LogP contribution in [-0.4, -0.2) is 74.0 Å². The number of hydrogen-bond donors (Lipinski definition) is 2. The molecule has 4 rings (SSSR count). The molecule has 1 heterocycles. The number of carbonyl (C=O) groups is 3. The van der Waals surface area contributed by atoms with E-state index >= 15 is 0 Å². The van der Waals surface area contributed by atoms with E-state index in [-0.39, 0.29) is 23.8 Å². The quantitative estimate of drug-likeness (QED) is 0.565. The molecule has 2 aliphatic rings. The largest absolute Gasteiger partial charge is 0.493 e.